The van der Waals surface area contributed by atoms with Crippen molar-refractivity contribution in [2.75, 3.05) is 26.3 Å². The van der Waals surface area contributed by atoms with Gasteiger partial charge in [0.1, 0.15) is 6.33 Å². The Morgan fingerprint density at radius 1 is 1.15 bits per heavy atom. The fourth-order valence-electron chi connectivity index (χ4n) is 2.28. The van der Waals surface area contributed by atoms with E-state index in [1.54, 1.807) is 6.20 Å². The molecule has 0 unspecified atom stereocenters. The molecule has 0 spiro atoms. The van der Waals surface area contributed by atoms with Crippen LogP contribution in [0.4, 0.5) is 0 Å². The largest absolute Gasteiger partial charge is 0.378 e. The van der Waals surface area contributed by atoms with Crippen LogP contribution in [0.3, 0.4) is 0 Å². The number of carbonyl (C=O) groups excluding carboxylic acids is 1. The molecule has 0 radical (unpaired) electrons. The molecule has 0 atom stereocenters. The number of benzene rings is 1. The number of aromatic nitrogens is 2. The monoisotopic (exact) mass is 269 g/mol. The fraction of sp³-hybridized carbons (Fsp3) is 0.267. The number of rotatable bonds is 2. The summed E-state index contributed by atoms with van der Waals surface area (Å²) in [6.07, 6.45) is 3.17. The molecule has 5 nitrogen and oxygen atoms in total. The molecule has 0 bridgehead atoms. The average molecular weight is 269 g/mol. The molecule has 0 saturated carbocycles. The Labute approximate surface area is 117 Å². The van der Waals surface area contributed by atoms with Crippen molar-refractivity contribution in [3.63, 3.8) is 0 Å². The van der Waals surface area contributed by atoms with E-state index >= 15 is 0 Å². The van der Waals surface area contributed by atoms with Crippen molar-refractivity contribution in [1.29, 1.82) is 0 Å². The SMILES string of the molecule is O=C(c1ccccc1-c1ccncn1)N1CCOCC1. The fourth-order valence-corrected chi connectivity index (χ4v) is 2.28. The van der Waals surface area contributed by atoms with Gasteiger partial charge < -0.3 is 9.64 Å². The Bertz CT molecular complexity index is 595. The van der Waals surface area contributed by atoms with Crippen LogP contribution in [0.1, 0.15) is 10.4 Å². The van der Waals surface area contributed by atoms with E-state index in [1.807, 2.05) is 35.2 Å². The highest BCUT2D eigenvalue weighted by Crippen LogP contribution is 2.22. The number of ether oxygens (including phenoxy) is 1. The van der Waals surface area contributed by atoms with Crippen LogP contribution in [0.2, 0.25) is 0 Å². The van der Waals surface area contributed by atoms with Gasteiger partial charge in [0.2, 0.25) is 0 Å². The molecule has 1 aromatic carbocycles. The standard InChI is InChI=1S/C15H15N3O2/c19-15(18-7-9-20-10-8-18)13-4-2-1-3-12(13)14-5-6-16-11-17-14/h1-6,11H,7-10H2. The van der Waals surface area contributed by atoms with Gasteiger partial charge in [-0.15, -0.1) is 0 Å². The van der Waals surface area contributed by atoms with E-state index in [0.29, 0.717) is 31.9 Å². The van der Waals surface area contributed by atoms with Crippen LogP contribution >= 0.6 is 0 Å². The van der Waals surface area contributed by atoms with Gasteiger partial charge in [0.05, 0.1) is 18.9 Å². The zero-order valence-corrected chi connectivity index (χ0v) is 11.0. The normalized spacial score (nSPS) is 15.1. The van der Waals surface area contributed by atoms with Crippen molar-refractivity contribution in [2.24, 2.45) is 0 Å². The van der Waals surface area contributed by atoms with Gasteiger partial charge in [-0.05, 0) is 12.1 Å². The minimum Gasteiger partial charge on any atom is -0.378 e. The lowest BCUT2D eigenvalue weighted by Gasteiger charge is -2.27. The molecular formula is C15H15N3O2. The van der Waals surface area contributed by atoms with E-state index in [4.69, 9.17) is 4.74 Å². The Hall–Kier alpha value is -2.27. The number of hydrogen-bond acceptors (Lipinski definition) is 4. The van der Waals surface area contributed by atoms with Gasteiger partial charge in [0.25, 0.3) is 5.91 Å². The first-order chi connectivity index (χ1) is 9.86. The molecule has 2 aromatic rings. The highest BCUT2D eigenvalue weighted by atomic mass is 16.5. The second-order valence-corrected chi connectivity index (χ2v) is 4.54. The predicted octanol–water partition coefficient (Wildman–Crippen LogP) is 1.62. The summed E-state index contributed by atoms with van der Waals surface area (Å²) in [4.78, 5) is 22.6. The summed E-state index contributed by atoms with van der Waals surface area (Å²) in [6, 6.07) is 9.35. The molecule has 0 aliphatic carbocycles. The second kappa shape index (κ2) is 5.79. The Morgan fingerprint density at radius 2 is 1.95 bits per heavy atom. The zero-order chi connectivity index (χ0) is 13.8. The Balaban J connectivity index is 1.95. The van der Waals surface area contributed by atoms with Gasteiger partial charge in [0.15, 0.2) is 0 Å². The molecule has 1 saturated heterocycles. The van der Waals surface area contributed by atoms with Crippen LogP contribution in [-0.4, -0.2) is 47.1 Å². The van der Waals surface area contributed by atoms with E-state index < -0.39 is 0 Å². The van der Waals surface area contributed by atoms with Crippen LogP contribution in [0.15, 0.2) is 42.9 Å². The first kappa shape index (κ1) is 12.7. The molecule has 102 valence electrons. The molecular weight excluding hydrogens is 254 g/mol. The number of hydrogen-bond donors (Lipinski definition) is 0. The first-order valence-corrected chi connectivity index (χ1v) is 6.59. The Morgan fingerprint density at radius 3 is 2.70 bits per heavy atom. The van der Waals surface area contributed by atoms with Crippen molar-refractivity contribution < 1.29 is 9.53 Å². The number of morpholine rings is 1. The summed E-state index contributed by atoms with van der Waals surface area (Å²) in [5.41, 5.74) is 2.27. The zero-order valence-electron chi connectivity index (χ0n) is 11.0. The van der Waals surface area contributed by atoms with Gasteiger partial charge in [-0.2, -0.15) is 0 Å². The van der Waals surface area contributed by atoms with E-state index in [1.165, 1.54) is 6.33 Å². The maximum Gasteiger partial charge on any atom is 0.254 e. The molecule has 1 amide bonds. The molecule has 1 aliphatic heterocycles. The molecule has 1 aliphatic rings. The molecule has 0 N–H and O–H groups in total. The molecule has 5 heteroatoms. The lowest BCUT2D eigenvalue weighted by Crippen LogP contribution is -2.40. The molecule has 1 fully saturated rings. The lowest BCUT2D eigenvalue weighted by atomic mass is 10.0. The predicted molar refractivity (Wildman–Crippen MR) is 74.2 cm³/mol. The van der Waals surface area contributed by atoms with Crippen LogP contribution in [0.25, 0.3) is 11.3 Å². The molecule has 3 rings (SSSR count). The average Bonchev–Trinajstić information content (AvgIpc) is 2.56. The van der Waals surface area contributed by atoms with Crippen LogP contribution in [0.5, 0.6) is 0 Å². The smallest absolute Gasteiger partial charge is 0.254 e. The van der Waals surface area contributed by atoms with Gasteiger partial charge >= 0.3 is 0 Å². The van der Waals surface area contributed by atoms with Gasteiger partial charge in [-0.25, -0.2) is 9.97 Å². The maximum atomic E-state index is 12.6. The lowest BCUT2D eigenvalue weighted by molar-refractivity contribution is 0.0303. The third-order valence-corrected chi connectivity index (χ3v) is 3.31. The van der Waals surface area contributed by atoms with Crippen LogP contribution in [0, 0.1) is 0 Å². The highest BCUT2D eigenvalue weighted by Gasteiger charge is 2.21. The maximum absolute atomic E-state index is 12.6. The van der Waals surface area contributed by atoms with Gasteiger partial charge in [0, 0.05) is 30.4 Å². The van der Waals surface area contributed by atoms with Gasteiger partial charge in [-0.3, -0.25) is 4.79 Å². The minimum atomic E-state index is 0.0301. The summed E-state index contributed by atoms with van der Waals surface area (Å²) >= 11 is 0. The summed E-state index contributed by atoms with van der Waals surface area (Å²) in [7, 11) is 0. The van der Waals surface area contributed by atoms with E-state index in [0.717, 1.165) is 11.3 Å². The van der Waals surface area contributed by atoms with Crippen molar-refractivity contribution in [1.82, 2.24) is 14.9 Å². The first-order valence-electron chi connectivity index (χ1n) is 6.59. The van der Waals surface area contributed by atoms with Crippen LogP contribution in [-0.2, 0) is 4.74 Å². The van der Waals surface area contributed by atoms with Crippen molar-refractivity contribution in [2.45, 2.75) is 0 Å². The second-order valence-electron chi connectivity index (χ2n) is 4.54. The van der Waals surface area contributed by atoms with E-state index in [-0.39, 0.29) is 5.91 Å². The third kappa shape index (κ3) is 2.53. The topological polar surface area (TPSA) is 55.3 Å². The number of carbonyl (C=O) groups is 1. The molecule has 2 heterocycles. The summed E-state index contributed by atoms with van der Waals surface area (Å²) in [6.45, 7) is 2.47. The quantitative estimate of drug-likeness (QED) is 0.831. The summed E-state index contributed by atoms with van der Waals surface area (Å²) in [5, 5.41) is 0. The number of nitrogens with zero attached hydrogens (tertiary/aromatic N) is 3. The molecule has 1 aromatic heterocycles. The summed E-state index contributed by atoms with van der Waals surface area (Å²) < 4.78 is 5.29. The van der Waals surface area contributed by atoms with Crippen molar-refractivity contribution >= 4 is 5.91 Å². The minimum absolute atomic E-state index is 0.0301. The molecule has 20 heavy (non-hydrogen) atoms. The Kier molecular flexibility index (Phi) is 3.69. The van der Waals surface area contributed by atoms with Crippen molar-refractivity contribution in [3.8, 4) is 11.3 Å². The number of amides is 1. The van der Waals surface area contributed by atoms with E-state index in [9.17, 15) is 4.79 Å². The highest BCUT2D eigenvalue weighted by molar-refractivity contribution is 6.00. The van der Waals surface area contributed by atoms with Crippen molar-refractivity contribution in [3.05, 3.63) is 48.4 Å². The van der Waals surface area contributed by atoms with E-state index in [2.05, 4.69) is 9.97 Å². The van der Waals surface area contributed by atoms with Gasteiger partial charge in [-0.1, -0.05) is 18.2 Å². The third-order valence-electron chi connectivity index (χ3n) is 3.31. The summed E-state index contributed by atoms with van der Waals surface area (Å²) in [5.74, 6) is 0.0301. The van der Waals surface area contributed by atoms with Crippen LogP contribution < -0.4 is 0 Å².